The van der Waals surface area contributed by atoms with Gasteiger partial charge in [-0.05, 0) is 61.0 Å². The van der Waals surface area contributed by atoms with Crippen molar-refractivity contribution in [1.29, 1.82) is 0 Å². The van der Waals surface area contributed by atoms with E-state index in [-0.39, 0.29) is 5.97 Å². The van der Waals surface area contributed by atoms with E-state index in [0.717, 1.165) is 39.4 Å². The Kier molecular flexibility index (Phi) is 5.09. The Morgan fingerprint density at radius 1 is 0.789 bits per heavy atom. The van der Waals surface area contributed by atoms with Gasteiger partial charge in [-0.25, -0.2) is 10.2 Å². The fraction of sp³-hybridized carbons (Fsp3) is 0.0938. The van der Waals surface area contributed by atoms with Crippen molar-refractivity contribution in [2.45, 2.75) is 19.1 Å². The van der Waals surface area contributed by atoms with Gasteiger partial charge in [0.15, 0.2) is 5.60 Å². The third-order valence-corrected chi connectivity index (χ3v) is 7.18. The standard InChI is InChI=1S/C32H24N2O4/c1-21-18-30-27(19-28(21)34(22-10-3-2-4-11-22)33-20-23-12-9-17-36-23)32(26-15-7-8-16-29(26)37-30)25-14-6-5-13-24(25)31(35)38-32/h2-19,33H,20H2,1H3. The fourth-order valence-electron chi connectivity index (χ4n) is 5.46. The highest BCUT2D eigenvalue weighted by atomic mass is 16.6. The topological polar surface area (TPSA) is 63.9 Å². The Hall–Kier alpha value is -4.81. The minimum Gasteiger partial charge on any atom is -0.468 e. The van der Waals surface area contributed by atoms with E-state index >= 15 is 0 Å². The SMILES string of the molecule is Cc1cc2c(cc1N(NCc1ccco1)c1ccccc1)C1(OC(=O)c3ccccc31)c1ccccc1O2. The number of hydrazine groups is 1. The summed E-state index contributed by atoms with van der Waals surface area (Å²) in [4.78, 5) is 13.2. The third-order valence-electron chi connectivity index (χ3n) is 7.18. The van der Waals surface area contributed by atoms with Crippen LogP contribution in [0.1, 0.15) is 38.4 Å². The van der Waals surface area contributed by atoms with E-state index in [4.69, 9.17) is 13.9 Å². The molecular formula is C32H24N2O4. The van der Waals surface area contributed by atoms with E-state index in [1.807, 2.05) is 109 Å². The molecule has 7 rings (SSSR count). The van der Waals surface area contributed by atoms with Crippen molar-refractivity contribution in [3.8, 4) is 11.5 Å². The van der Waals surface area contributed by atoms with Crippen molar-refractivity contribution in [1.82, 2.24) is 5.43 Å². The Balaban J connectivity index is 1.44. The zero-order valence-corrected chi connectivity index (χ0v) is 20.7. The van der Waals surface area contributed by atoms with Crippen LogP contribution in [0.15, 0.2) is 114 Å². The fourth-order valence-corrected chi connectivity index (χ4v) is 5.46. The molecule has 3 heterocycles. The summed E-state index contributed by atoms with van der Waals surface area (Å²) < 4.78 is 18.3. The number of para-hydroxylation sites is 2. The third kappa shape index (κ3) is 3.34. The van der Waals surface area contributed by atoms with Crippen molar-refractivity contribution in [3.63, 3.8) is 0 Å². The van der Waals surface area contributed by atoms with Crippen molar-refractivity contribution in [2.24, 2.45) is 0 Å². The number of rotatable bonds is 5. The molecule has 1 unspecified atom stereocenters. The first-order chi connectivity index (χ1) is 18.6. The van der Waals surface area contributed by atoms with Gasteiger partial charge < -0.3 is 13.9 Å². The van der Waals surface area contributed by atoms with Gasteiger partial charge in [-0.15, -0.1) is 0 Å². The molecule has 5 aromatic rings. The highest BCUT2D eigenvalue weighted by Gasteiger charge is 2.53. The Morgan fingerprint density at radius 2 is 1.55 bits per heavy atom. The van der Waals surface area contributed by atoms with Gasteiger partial charge in [-0.1, -0.05) is 54.6 Å². The molecular weight excluding hydrogens is 476 g/mol. The molecule has 0 saturated carbocycles. The van der Waals surface area contributed by atoms with Crippen LogP contribution >= 0.6 is 0 Å². The molecule has 6 heteroatoms. The largest absolute Gasteiger partial charge is 0.468 e. The van der Waals surface area contributed by atoms with Gasteiger partial charge in [0.25, 0.3) is 0 Å². The van der Waals surface area contributed by atoms with E-state index in [1.54, 1.807) is 6.26 Å². The summed E-state index contributed by atoms with van der Waals surface area (Å²) in [6.45, 7) is 2.53. The van der Waals surface area contributed by atoms with Gasteiger partial charge in [0.05, 0.1) is 29.7 Å². The first kappa shape index (κ1) is 22.4. The average Bonchev–Trinajstić information content (AvgIpc) is 3.57. The normalized spacial score (nSPS) is 16.8. The number of anilines is 2. The number of carbonyl (C=O) groups is 1. The van der Waals surface area contributed by atoms with Crippen molar-refractivity contribution >= 4 is 17.3 Å². The van der Waals surface area contributed by atoms with Crippen LogP contribution in [-0.4, -0.2) is 5.97 Å². The number of aryl methyl sites for hydroxylation is 1. The molecule has 2 aliphatic rings. The van der Waals surface area contributed by atoms with Gasteiger partial charge in [-0.2, -0.15) is 0 Å². The average molecular weight is 501 g/mol. The molecule has 0 fully saturated rings. The lowest BCUT2D eigenvalue weighted by molar-refractivity contribution is 0.0224. The summed E-state index contributed by atoms with van der Waals surface area (Å²) in [5.41, 5.74) is 8.20. The second-order valence-electron chi connectivity index (χ2n) is 9.43. The highest BCUT2D eigenvalue weighted by Crippen LogP contribution is 2.57. The van der Waals surface area contributed by atoms with E-state index < -0.39 is 5.60 Å². The number of fused-ring (bicyclic) bond motifs is 6. The first-order valence-corrected chi connectivity index (χ1v) is 12.5. The number of carbonyl (C=O) groups excluding carboxylic acids is 1. The molecule has 1 atom stereocenters. The minimum absolute atomic E-state index is 0.346. The summed E-state index contributed by atoms with van der Waals surface area (Å²) in [6.07, 6.45) is 1.67. The lowest BCUT2D eigenvalue weighted by atomic mass is 9.77. The summed E-state index contributed by atoms with van der Waals surface area (Å²) >= 11 is 0. The van der Waals surface area contributed by atoms with Crippen LogP contribution in [0.5, 0.6) is 11.5 Å². The molecule has 0 aliphatic carbocycles. The summed E-state index contributed by atoms with van der Waals surface area (Å²) in [7, 11) is 0. The number of hydrogen-bond acceptors (Lipinski definition) is 6. The quantitative estimate of drug-likeness (QED) is 0.207. The van der Waals surface area contributed by atoms with Crippen LogP contribution in [0.25, 0.3) is 0 Å². The monoisotopic (exact) mass is 500 g/mol. The number of esters is 1. The molecule has 186 valence electrons. The number of nitrogens with one attached hydrogen (secondary N) is 1. The minimum atomic E-state index is -1.12. The van der Waals surface area contributed by atoms with Gasteiger partial charge in [0.2, 0.25) is 0 Å². The van der Waals surface area contributed by atoms with E-state index in [2.05, 4.69) is 11.5 Å². The van der Waals surface area contributed by atoms with Crippen LogP contribution in [0.2, 0.25) is 0 Å². The van der Waals surface area contributed by atoms with Crippen LogP contribution in [0, 0.1) is 6.92 Å². The maximum atomic E-state index is 13.2. The van der Waals surface area contributed by atoms with Gasteiger partial charge >= 0.3 is 5.97 Å². The van der Waals surface area contributed by atoms with E-state index in [0.29, 0.717) is 23.6 Å². The summed E-state index contributed by atoms with van der Waals surface area (Å²) in [6, 6.07) is 33.3. The lowest BCUT2D eigenvalue weighted by Gasteiger charge is -2.38. The lowest BCUT2D eigenvalue weighted by Crippen LogP contribution is -2.36. The first-order valence-electron chi connectivity index (χ1n) is 12.5. The predicted molar refractivity (Wildman–Crippen MR) is 144 cm³/mol. The second-order valence-corrected chi connectivity index (χ2v) is 9.43. The molecule has 4 aromatic carbocycles. The molecule has 0 amide bonds. The zero-order chi connectivity index (χ0) is 25.7. The molecule has 0 radical (unpaired) electrons. The molecule has 2 aliphatic heterocycles. The Labute approximate surface area is 220 Å². The maximum Gasteiger partial charge on any atom is 0.340 e. The van der Waals surface area contributed by atoms with Crippen molar-refractivity contribution in [3.05, 3.63) is 143 Å². The van der Waals surface area contributed by atoms with Crippen LogP contribution in [0.4, 0.5) is 11.4 Å². The number of hydrogen-bond donors (Lipinski definition) is 1. The number of ether oxygens (including phenoxy) is 2. The summed E-state index contributed by atoms with van der Waals surface area (Å²) in [5.74, 6) is 1.80. The van der Waals surface area contributed by atoms with Gasteiger partial charge in [0.1, 0.15) is 17.3 Å². The Morgan fingerprint density at radius 3 is 2.37 bits per heavy atom. The number of nitrogens with zero attached hydrogens (tertiary/aromatic N) is 1. The van der Waals surface area contributed by atoms with Crippen LogP contribution in [-0.2, 0) is 16.9 Å². The predicted octanol–water partition coefficient (Wildman–Crippen LogP) is 7.00. The Bertz CT molecular complexity index is 1660. The van der Waals surface area contributed by atoms with Crippen molar-refractivity contribution < 1.29 is 18.7 Å². The van der Waals surface area contributed by atoms with Crippen molar-refractivity contribution in [2.75, 3.05) is 5.01 Å². The molecule has 1 spiro atoms. The smallest absolute Gasteiger partial charge is 0.340 e. The molecule has 38 heavy (non-hydrogen) atoms. The van der Waals surface area contributed by atoms with E-state index in [1.165, 1.54) is 0 Å². The number of furan rings is 1. The van der Waals surface area contributed by atoms with Gasteiger partial charge in [0, 0.05) is 16.7 Å². The van der Waals surface area contributed by atoms with Crippen LogP contribution in [0.3, 0.4) is 0 Å². The van der Waals surface area contributed by atoms with Crippen LogP contribution < -0.4 is 15.2 Å². The maximum absolute atomic E-state index is 13.2. The molecule has 0 saturated heterocycles. The molecule has 1 aromatic heterocycles. The molecule has 1 N–H and O–H groups in total. The highest BCUT2D eigenvalue weighted by molar-refractivity contribution is 5.97. The molecule has 6 nitrogen and oxygen atoms in total. The second kappa shape index (κ2) is 8.64. The molecule has 0 bridgehead atoms. The van der Waals surface area contributed by atoms with Gasteiger partial charge in [-0.3, -0.25) is 5.01 Å². The summed E-state index contributed by atoms with van der Waals surface area (Å²) in [5, 5.41) is 2.04. The van der Waals surface area contributed by atoms with E-state index in [9.17, 15) is 4.79 Å². The number of benzene rings is 4. The zero-order valence-electron chi connectivity index (χ0n) is 20.7.